The van der Waals surface area contributed by atoms with Crippen LogP contribution in [-0.4, -0.2) is 26.0 Å². The van der Waals surface area contributed by atoms with Crippen molar-refractivity contribution in [2.45, 2.75) is 26.2 Å². The minimum atomic E-state index is -0.485. The summed E-state index contributed by atoms with van der Waals surface area (Å²) in [5.41, 5.74) is 0.560. The molecule has 0 bridgehead atoms. The van der Waals surface area contributed by atoms with E-state index in [0.29, 0.717) is 12.5 Å². The lowest BCUT2D eigenvalue weighted by molar-refractivity contribution is -0.125. The van der Waals surface area contributed by atoms with E-state index in [1.54, 1.807) is 0 Å². The van der Waals surface area contributed by atoms with E-state index in [0.717, 1.165) is 12.1 Å². The third-order valence-electron chi connectivity index (χ3n) is 3.23. The van der Waals surface area contributed by atoms with Crippen molar-refractivity contribution in [1.82, 2.24) is 10.6 Å². The van der Waals surface area contributed by atoms with Gasteiger partial charge in [-0.25, -0.2) is 0 Å². The number of nitrogens with one attached hydrogen (secondary N) is 2. The van der Waals surface area contributed by atoms with Crippen molar-refractivity contribution < 1.29 is 4.79 Å². The number of hydrogen-bond acceptors (Lipinski definition) is 2. The number of carbonyl (C=O) groups excluding carboxylic acids is 1. The maximum absolute atomic E-state index is 12.2. The van der Waals surface area contributed by atoms with Gasteiger partial charge in [0.2, 0.25) is 5.91 Å². The second-order valence-corrected chi connectivity index (χ2v) is 5.36. The number of hydrogen-bond donors (Lipinski definition) is 2. The summed E-state index contributed by atoms with van der Waals surface area (Å²) in [5.74, 6) is 0.516. The summed E-state index contributed by atoms with van der Waals surface area (Å²) < 4.78 is 0. The Labute approximate surface area is 110 Å². The monoisotopic (exact) mass is 248 g/mol. The molecule has 0 radical (unpaired) electrons. The van der Waals surface area contributed by atoms with Crippen molar-refractivity contribution in [3.8, 4) is 0 Å². The first-order valence-electron chi connectivity index (χ1n) is 6.47. The Bertz CT molecular complexity index is 373. The molecule has 0 aliphatic rings. The predicted octanol–water partition coefficient (Wildman–Crippen LogP) is 1.94. The van der Waals surface area contributed by atoms with Gasteiger partial charge in [0.15, 0.2) is 0 Å². The predicted molar refractivity (Wildman–Crippen MR) is 75.6 cm³/mol. The van der Waals surface area contributed by atoms with Gasteiger partial charge < -0.3 is 10.6 Å². The molecule has 18 heavy (non-hydrogen) atoms. The second-order valence-electron chi connectivity index (χ2n) is 5.36. The molecule has 1 aromatic rings. The maximum Gasteiger partial charge on any atom is 0.230 e. The molecule has 0 aliphatic heterocycles. The Morgan fingerprint density at radius 2 is 1.83 bits per heavy atom. The van der Waals surface area contributed by atoms with Gasteiger partial charge in [-0.1, -0.05) is 37.3 Å². The topological polar surface area (TPSA) is 41.1 Å². The summed E-state index contributed by atoms with van der Waals surface area (Å²) in [7, 11) is 1.92. The lowest BCUT2D eigenvalue weighted by atomic mass is 9.83. The van der Waals surface area contributed by atoms with E-state index in [-0.39, 0.29) is 5.91 Å². The van der Waals surface area contributed by atoms with Crippen molar-refractivity contribution in [1.29, 1.82) is 0 Å². The zero-order chi connectivity index (χ0) is 13.6. The molecule has 1 rings (SSSR count). The van der Waals surface area contributed by atoms with E-state index in [4.69, 9.17) is 0 Å². The van der Waals surface area contributed by atoms with Gasteiger partial charge in [0, 0.05) is 6.54 Å². The Balaban J connectivity index is 2.60. The smallest absolute Gasteiger partial charge is 0.230 e. The average Bonchev–Trinajstić information content (AvgIpc) is 2.37. The minimum absolute atomic E-state index is 0.0802. The molecule has 1 amide bonds. The zero-order valence-electron chi connectivity index (χ0n) is 11.8. The molecule has 2 N–H and O–H groups in total. The largest absolute Gasteiger partial charge is 0.355 e. The van der Waals surface area contributed by atoms with Crippen LogP contribution in [0.2, 0.25) is 0 Å². The van der Waals surface area contributed by atoms with Crippen LogP contribution in [0.25, 0.3) is 0 Å². The molecular formula is C15H24N2O. The normalized spacial score (nSPS) is 13.1. The Hall–Kier alpha value is -1.35. The molecule has 0 aromatic heterocycles. The fourth-order valence-corrected chi connectivity index (χ4v) is 1.89. The molecule has 100 valence electrons. The second kappa shape index (κ2) is 6.55. The third-order valence-corrected chi connectivity index (χ3v) is 3.23. The van der Waals surface area contributed by atoms with E-state index in [1.807, 2.05) is 51.2 Å². The lowest BCUT2D eigenvalue weighted by Gasteiger charge is -2.25. The van der Waals surface area contributed by atoms with Crippen LogP contribution in [0.5, 0.6) is 0 Å². The Morgan fingerprint density at radius 3 is 2.39 bits per heavy atom. The highest BCUT2D eigenvalue weighted by molar-refractivity contribution is 5.87. The van der Waals surface area contributed by atoms with Gasteiger partial charge in [0.25, 0.3) is 0 Å². The first kappa shape index (κ1) is 14.7. The van der Waals surface area contributed by atoms with Gasteiger partial charge in [0.05, 0.1) is 5.41 Å². The molecule has 3 nitrogen and oxygen atoms in total. The van der Waals surface area contributed by atoms with E-state index in [2.05, 4.69) is 17.6 Å². The fourth-order valence-electron chi connectivity index (χ4n) is 1.89. The molecule has 0 aliphatic carbocycles. The van der Waals surface area contributed by atoms with Crippen LogP contribution in [-0.2, 0) is 10.2 Å². The maximum atomic E-state index is 12.2. The summed E-state index contributed by atoms with van der Waals surface area (Å²) in [5, 5.41) is 6.14. The van der Waals surface area contributed by atoms with Crippen LogP contribution in [0.3, 0.4) is 0 Å². The minimum Gasteiger partial charge on any atom is -0.355 e. The van der Waals surface area contributed by atoms with E-state index in [9.17, 15) is 4.79 Å². The molecule has 0 spiro atoms. The highest BCUT2D eigenvalue weighted by Gasteiger charge is 2.29. The first-order valence-corrected chi connectivity index (χ1v) is 6.47. The molecule has 0 saturated heterocycles. The van der Waals surface area contributed by atoms with Crippen molar-refractivity contribution in [3.63, 3.8) is 0 Å². The number of rotatable bonds is 6. The third kappa shape index (κ3) is 3.84. The van der Waals surface area contributed by atoms with Gasteiger partial charge in [-0.05, 0) is 38.9 Å². The quantitative estimate of drug-likeness (QED) is 0.808. The number of carbonyl (C=O) groups is 1. The molecule has 1 aromatic carbocycles. The summed E-state index contributed by atoms with van der Waals surface area (Å²) in [6, 6.07) is 9.89. The van der Waals surface area contributed by atoms with Gasteiger partial charge in [-0.3, -0.25) is 4.79 Å². The van der Waals surface area contributed by atoms with Crippen LogP contribution in [0.15, 0.2) is 30.3 Å². The average molecular weight is 248 g/mol. The molecule has 0 heterocycles. The highest BCUT2D eigenvalue weighted by Crippen LogP contribution is 2.22. The van der Waals surface area contributed by atoms with E-state index >= 15 is 0 Å². The fraction of sp³-hybridized carbons (Fsp3) is 0.533. The Morgan fingerprint density at radius 1 is 1.22 bits per heavy atom. The molecule has 3 heteroatoms. The van der Waals surface area contributed by atoms with Gasteiger partial charge in [-0.2, -0.15) is 0 Å². The molecule has 0 saturated carbocycles. The van der Waals surface area contributed by atoms with Gasteiger partial charge >= 0.3 is 0 Å². The Kier molecular flexibility index (Phi) is 5.35. The van der Waals surface area contributed by atoms with Crippen LogP contribution in [0.4, 0.5) is 0 Å². The van der Waals surface area contributed by atoms with Crippen LogP contribution in [0.1, 0.15) is 26.3 Å². The zero-order valence-corrected chi connectivity index (χ0v) is 11.8. The van der Waals surface area contributed by atoms with Crippen LogP contribution >= 0.6 is 0 Å². The van der Waals surface area contributed by atoms with Gasteiger partial charge in [0.1, 0.15) is 0 Å². The SMILES string of the molecule is CNCC(C)CNC(=O)C(C)(C)c1ccccc1. The lowest BCUT2D eigenvalue weighted by Crippen LogP contribution is -2.42. The van der Waals surface area contributed by atoms with Gasteiger partial charge in [-0.15, -0.1) is 0 Å². The molecule has 0 fully saturated rings. The van der Waals surface area contributed by atoms with Crippen molar-refractivity contribution in [2.75, 3.05) is 20.1 Å². The van der Waals surface area contributed by atoms with E-state index < -0.39 is 5.41 Å². The molecular weight excluding hydrogens is 224 g/mol. The van der Waals surface area contributed by atoms with Crippen LogP contribution < -0.4 is 10.6 Å². The van der Waals surface area contributed by atoms with Crippen LogP contribution in [0, 0.1) is 5.92 Å². The van der Waals surface area contributed by atoms with Crippen molar-refractivity contribution in [3.05, 3.63) is 35.9 Å². The number of benzene rings is 1. The number of amides is 1. The standard InChI is InChI=1S/C15H24N2O/c1-12(10-16-4)11-17-14(18)15(2,3)13-8-6-5-7-9-13/h5-9,12,16H,10-11H2,1-4H3,(H,17,18). The van der Waals surface area contributed by atoms with Crippen molar-refractivity contribution in [2.24, 2.45) is 5.92 Å². The van der Waals surface area contributed by atoms with E-state index in [1.165, 1.54) is 0 Å². The highest BCUT2D eigenvalue weighted by atomic mass is 16.2. The summed E-state index contributed by atoms with van der Waals surface area (Å²) in [6.45, 7) is 7.65. The molecule has 1 atom stereocenters. The van der Waals surface area contributed by atoms with Crippen molar-refractivity contribution >= 4 is 5.91 Å². The summed E-state index contributed by atoms with van der Waals surface area (Å²) >= 11 is 0. The summed E-state index contributed by atoms with van der Waals surface area (Å²) in [4.78, 5) is 12.2. The summed E-state index contributed by atoms with van der Waals surface area (Å²) in [6.07, 6.45) is 0. The first-order chi connectivity index (χ1) is 8.48. The molecule has 1 unspecified atom stereocenters.